The molecule has 0 aliphatic heterocycles. The fourth-order valence-corrected chi connectivity index (χ4v) is 1.10. The second-order valence-corrected chi connectivity index (χ2v) is 2.57. The van der Waals surface area contributed by atoms with Crippen molar-refractivity contribution < 1.29 is 4.39 Å². The molecule has 0 aliphatic carbocycles. The van der Waals surface area contributed by atoms with Crippen molar-refractivity contribution in [3.05, 3.63) is 42.0 Å². The van der Waals surface area contributed by atoms with Crippen molar-refractivity contribution in [3.8, 4) is 11.8 Å². The lowest BCUT2D eigenvalue weighted by molar-refractivity contribution is 0.593. The molecule has 0 radical (unpaired) electrons. The van der Waals surface area contributed by atoms with Gasteiger partial charge in [-0.05, 0) is 12.1 Å². The summed E-state index contributed by atoms with van der Waals surface area (Å²) in [5.41, 5.74) is 0.161. The van der Waals surface area contributed by atoms with Crippen LogP contribution in [0.2, 0.25) is 0 Å². The third kappa shape index (κ3) is 1.23. The van der Waals surface area contributed by atoms with Gasteiger partial charge in [-0.25, -0.2) is 4.39 Å². The third-order valence-corrected chi connectivity index (χ3v) is 1.73. The van der Waals surface area contributed by atoms with Gasteiger partial charge in [0.2, 0.25) is 0 Å². The number of halogens is 1. The van der Waals surface area contributed by atoms with Crippen molar-refractivity contribution in [3.63, 3.8) is 0 Å². The standard InChI is InChI=1S/C9H5FN4/c10-9-7(6-11)2-1-3-8(9)14-12-4-5-13-14/h1-5H. The summed E-state index contributed by atoms with van der Waals surface area (Å²) in [6, 6.07) is 6.25. The maximum Gasteiger partial charge on any atom is 0.168 e. The molecule has 0 aliphatic rings. The molecule has 68 valence electrons. The number of nitriles is 1. The van der Waals surface area contributed by atoms with Crippen molar-refractivity contribution in [2.24, 2.45) is 0 Å². The van der Waals surface area contributed by atoms with E-state index in [2.05, 4.69) is 10.2 Å². The molecule has 2 aromatic rings. The molecule has 0 amide bonds. The molecule has 0 N–H and O–H groups in total. The first kappa shape index (κ1) is 8.38. The molecule has 0 atom stereocenters. The summed E-state index contributed by atoms with van der Waals surface area (Å²) in [6.45, 7) is 0. The molecule has 5 heteroatoms. The minimum atomic E-state index is -0.605. The highest BCUT2D eigenvalue weighted by molar-refractivity contribution is 5.41. The fourth-order valence-electron chi connectivity index (χ4n) is 1.10. The predicted octanol–water partition coefficient (Wildman–Crippen LogP) is 1.28. The zero-order valence-corrected chi connectivity index (χ0v) is 7.05. The quantitative estimate of drug-likeness (QED) is 0.677. The van der Waals surface area contributed by atoms with E-state index >= 15 is 0 Å². The predicted molar refractivity (Wildman–Crippen MR) is 46.0 cm³/mol. The Bertz CT molecular complexity index is 484. The van der Waals surface area contributed by atoms with Crippen LogP contribution in [-0.2, 0) is 0 Å². The number of hydrogen-bond donors (Lipinski definition) is 0. The minimum Gasteiger partial charge on any atom is -0.203 e. The van der Waals surface area contributed by atoms with Crippen LogP contribution in [0.1, 0.15) is 5.56 Å². The van der Waals surface area contributed by atoms with Crippen LogP contribution in [-0.4, -0.2) is 15.0 Å². The van der Waals surface area contributed by atoms with Crippen LogP contribution in [0.5, 0.6) is 0 Å². The van der Waals surface area contributed by atoms with E-state index < -0.39 is 5.82 Å². The summed E-state index contributed by atoms with van der Waals surface area (Å²) in [4.78, 5) is 1.14. The van der Waals surface area contributed by atoms with Gasteiger partial charge in [-0.3, -0.25) is 0 Å². The van der Waals surface area contributed by atoms with Crippen LogP contribution in [0, 0.1) is 17.1 Å². The van der Waals surface area contributed by atoms with Gasteiger partial charge in [0, 0.05) is 0 Å². The largest absolute Gasteiger partial charge is 0.203 e. The zero-order valence-electron chi connectivity index (χ0n) is 7.05. The fraction of sp³-hybridized carbons (Fsp3) is 0. The maximum absolute atomic E-state index is 13.5. The Labute approximate surface area is 79.2 Å². The van der Waals surface area contributed by atoms with Gasteiger partial charge in [0.25, 0.3) is 0 Å². The SMILES string of the molecule is N#Cc1cccc(-n2nccn2)c1F. The van der Waals surface area contributed by atoms with E-state index in [-0.39, 0.29) is 11.3 Å². The van der Waals surface area contributed by atoms with Crippen LogP contribution in [0.3, 0.4) is 0 Å². The number of benzene rings is 1. The number of hydrogen-bond acceptors (Lipinski definition) is 3. The van der Waals surface area contributed by atoms with E-state index in [9.17, 15) is 4.39 Å². The van der Waals surface area contributed by atoms with Crippen LogP contribution < -0.4 is 0 Å². The van der Waals surface area contributed by atoms with Gasteiger partial charge in [-0.1, -0.05) is 6.07 Å². The maximum atomic E-state index is 13.5. The molecule has 1 heterocycles. The van der Waals surface area contributed by atoms with Crippen LogP contribution in [0.4, 0.5) is 4.39 Å². The molecule has 1 aromatic carbocycles. The first-order valence-corrected chi connectivity index (χ1v) is 3.88. The van der Waals surface area contributed by atoms with Crippen molar-refractivity contribution in [1.82, 2.24) is 15.0 Å². The summed E-state index contributed by atoms with van der Waals surface area (Å²) in [7, 11) is 0. The molecule has 0 saturated carbocycles. The van der Waals surface area contributed by atoms with E-state index in [0.29, 0.717) is 0 Å². The number of aromatic nitrogens is 3. The van der Waals surface area contributed by atoms with Crippen molar-refractivity contribution in [2.75, 3.05) is 0 Å². The lowest BCUT2D eigenvalue weighted by Gasteiger charge is -2.01. The Balaban J connectivity index is 2.61. The Kier molecular flexibility index (Phi) is 1.95. The normalized spacial score (nSPS) is 9.71. The molecule has 14 heavy (non-hydrogen) atoms. The highest BCUT2D eigenvalue weighted by Gasteiger charge is 2.09. The summed E-state index contributed by atoms with van der Waals surface area (Å²) in [5, 5.41) is 16.2. The van der Waals surface area contributed by atoms with Crippen LogP contribution in [0.25, 0.3) is 5.69 Å². The van der Waals surface area contributed by atoms with Gasteiger partial charge < -0.3 is 0 Å². The first-order chi connectivity index (χ1) is 6.83. The minimum absolute atomic E-state index is 0.0141. The van der Waals surface area contributed by atoms with Crippen molar-refractivity contribution >= 4 is 0 Å². The Hall–Kier alpha value is -2.22. The molecule has 0 bridgehead atoms. The van der Waals surface area contributed by atoms with Gasteiger partial charge in [0.15, 0.2) is 5.82 Å². The molecule has 0 unspecified atom stereocenters. The zero-order chi connectivity index (χ0) is 9.97. The number of rotatable bonds is 1. The van der Waals surface area contributed by atoms with Gasteiger partial charge >= 0.3 is 0 Å². The van der Waals surface area contributed by atoms with Crippen LogP contribution >= 0.6 is 0 Å². The highest BCUT2D eigenvalue weighted by atomic mass is 19.1. The van der Waals surface area contributed by atoms with E-state index in [1.165, 1.54) is 24.5 Å². The molecule has 0 fully saturated rings. The molecular formula is C9H5FN4. The smallest absolute Gasteiger partial charge is 0.168 e. The molecule has 2 rings (SSSR count). The van der Waals surface area contributed by atoms with Crippen molar-refractivity contribution in [1.29, 1.82) is 5.26 Å². The number of nitrogens with zero attached hydrogens (tertiary/aromatic N) is 4. The summed E-state index contributed by atoms with van der Waals surface area (Å²) in [6.07, 6.45) is 2.89. The topological polar surface area (TPSA) is 54.5 Å². The Morgan fingerprint density at radius 2 is 2.00 bits per heavy atom. The molecular weight excluding hydrogens is 183 g/mol. The molecule has 0 saturated heterocycles. The van der Waals surface area contributed by atoms with E-state index in [1.54, 1.807) is 12.1 Å². The van der Waals surface area contributed by atoms with Gasteiger partial charge in [-0.15, -0.1) is 4.80 Å². The molecule has 0 spiro atoms. The summed E-state index contributed by atoms with van der Waals surface area (Å²) in [5.74, 6) is -0.605. The lowest BCUT2D eigenvalue weighted by Crippen LogP contribution is -2.02. The van der Waals surface area contributed by atoms with Gasteiger partial charge in [-0.2, -0.15) is 15.5 Å². The second-order valence-electron chi connectivity index (χ2n) is 2.57. The van der Waals surface area contributed by atoms with Gasteiger partial charge in [0.05, 0.1) is 18.0 Å². The molecule has 4 nitrogen and oxygen atoms in total. The first-order valence-electron chi connectivity index (χ1n) is 3.88. The van der Waals surface area contributed by atoms with E-state index in [4.69, 9.17) is 5.26 Å². The van der Waals surface area contributed by atoms with Crippen molar-refractivity contribution in [2.45, 2.75) is 0 Å². The average molecular weight is 188 g/mol. The Morgan fingerprint density at radius 3 is 2.64 bits per heavy atom. The molecule has 1 aromatic heterocycles. The van der Waals surface area contributed by atoms with Gasteiger partial charge in [0.1, 0.15) is 11.8 Å². The second kappa shape index (κ2) is 3.26. The monoisotopic (exact) mass is 188 g/mol. The van der Waals surface area contributed by atoms with Crippen LogP contribution in [0.15, 0.2) is 30.6 Å². The van der Waals surface area contributed by atoms with E-state index in [1.807, 2.05) is 0 Å². The third-order valence-electron chi connectivity index (χ3n) is 1.73. The van der Waals surface area contributed by atoms with E-state index in [0.717, 1.165) is 4.80 Å². The summed E-state index contributed by atoms with van der Waals surface area (Å²) < 4.78 is 13.5. The lowest BCUT2D eigenvalue weighted by atomic mass is 10.2. The average Bonchev–Trinajstić information content (AvgIpc) is 2.71. The summed E-state index contributed by atoms with van der Waals surface area (Å²) >= 11 is 0. The Morgan fingerprint density at radius 1 is 1.29 bits per heavy atom. The highest BCUT2D eigenvalue weighted by Crippen LogP contribution is 2.14.